The molecule has 0 amide bonds. The van der Waals surface area contributed by atoms with Crippen molar-refractivity contribution in [3.8, 4) is 0 Å². The Kier molecular flexibility index (Phi) is 4.32. The highest BCUT2D eigenvalue weighted by molar-refractivity contribution is 6.31. The van der Waals surface area contributed by atoms with Crippen molar-refractivity contribution in [2.45, 2.75) is 44.7 Å². The van der Waals surface area contributed by atoms with Crippen molar-refractivity contribution < 1.29 is 5.21 Å². The first-order valence-corrected chi connectivity index (χ1v) is 6.93. The Hall–Kier alpha value is -1.26. The van der Waals surface area contributed by atoms with Gasteiger partial charge in [-0.3, -0.25) is 0 Å². The fourth-order valence-corrected chi connectivity index (χ4v) is 2.80. The van der Waals surface area contributed by atoms with Gasteiger partial charge in [0.05, 0.1) is 0 Å². The van der Waals surface area contributed by atoms with Crippen LogP contribution in [-0.2, 0) is 6.54 Å². The molecule has 4 nitrogen and oxygen atoms in total. The predicted octanol–water partition coefficient (Wildman–Crippen LogP) is 2.86. The maximum absolute atomic E-state index is 8.64. The number of amidine groups is 1. The van der Waals surface area contributed by atoms with Crippen LogP contribution in [0.25, 0.3) is 0 Å². The molecule has 1 aromatic carbocycles. The first-order chi connectivity index (χ1) is 9.04. The molecule has 0 bridgehead atoms. The molecule has 1 aliphatic carbocycles. The summed E-state index contributed by atoms with van der Waals surface area (Å²) < 4.78 is 0. The molecule has 0 aliphatic heterocycles. The van der Waals surface area contributed by atoms with Crippen LogP contribution in [0.5, 0.6) is 0 Å². The minimum absolute atomic E-state index is 0.0733. The van der Waals surface area contributed by atoms with E-state index in [1.807, 2.05) is 12.1 Å². The Bertz CT molecular complexity index is 482. The van der Waals surface area contributed by atoms with Gasteiger partial charge >= 0.3 is 0 Å². The summed E-state index contributed by atoms with van der Waals surface area (Å²) in [4.78, 5) is 0. The minimum Gasteiger partial charge on any atom is -0.409 e. The zero-order chi connectivity index (χ0) is 13.9. The van der Waals surface area contributed by atoms with Gasteiger partial charge in [0.25, 0.3) is 0 Å². The first-order valence-electron chi connectivity index (χ1n) is 6.55. The fraction of sp³-hybridized carbons (Fsp3) is 0.500. The van der Waals surface area contributed by atoms with Gasteiger partial charge in [-0.05, 0) is 31.4 Å². The molecule has 19 heavy (non-hydrogen) atoms. The number of halogens is 1. The summed E-state index contributed by atoms with van der Waals surface area (Å²) in [6.45, 7) is 3.00. The smallest absolute Gasteiger partial charge is 0.170 e. The van der Waals surface area contributed by atoms with E-state index >= 15 is 0 Å². The number of nitrogens with one attached hydrogen (secondary N) is 1. The first kappa shape index (κ1) is 14.2. The average molecular weight is 282 g/mol. The molecule has 0 unspecified atom stereocenters. The van der Waals surface area contributed by atoms with E-state index in [1.165, 1.54) is 25.7 Å². The Balaban J connectivity index is 2.05. The molecule has 1 fully saturated rings. The number of benzene rings is 1. The van der Waals surface area contributed by atoms with Crippen LogP contribution in [0.1, 0.15) is 43.7 Å². The summed E-state index contributed by atoms with van der Waals surface area (Å²) in [5.74, 6) is 0.0733. The Labute approximate surface area is 118 Å². The molecule has 0 spiro atoms. The number of hydrogen-bond acceptors (Lipinski definition) is 3. The zero-order valence-electron chi connectivity index (χ0n) is 11.1. The number of rotatable bonds is 4. The highest BCUT2D eigenvalue weighted by atomic mass is 35.5. The van der Waals surface area contributed by atoms with Crippen LogP contribution in [-0.4, -0.2) is 16.6 Å². The number of nitrogens with two attached hydrogens (primary N) is 1. The van der Waals surface area contributed by atoms with Crippen molar-refractivity contribution >= 4 is 17.4 Å². The molecule has 0 aromatic heterocycles. The van der Waals surface area contributed by atoms with E-state index in [2.05, 4.69) is 17.4 Å². The van der Waals surface area contributed by atoms with Crippen LogP contribution in [0, 0.1) is 0 Å². The lowest BCUT2D eigenvalue weighted by Crippen LogP contribution is -2.38. The molecule has 0 saturated heterocycles. The second-order valence-corrected chi connectivity index (χ2v) is 5.82. The van der Waals surface area contributed by atoms with Gasteiger partial charge in [0, 0.05) is 22.7 Å². The highest BCUT2D eigenvalue weighted by Gasteiger charge is 2.27. The standard InChI is InChI=1S/C14H20ClN3O/c1-14(6-2-3-7-14)17-9-11-5-4-10(8-12(11)15)13(16)18-19/h4-5,8,17,19H,2-3,6-7,9H2,1H3,(H2,16,18). The molecule has 1 aromatic rings. The predicted molar refractivity (Wildman–Crippen MR) is 77.7 cm³/mol. The normalized spacial score (nSPS) is 18.7. The molecular weight excluding hydrogens is 262 g/mol. The summed E-state index contributed by atoms with van der Waals surface area (Å²) in [5.41, 5.74) is 7.42. The van der Waals surface area contributed by atoms with Gasteiger partial charge in [-0.1, -0.05) is 41.7 Å². The van der Waals surface area contributed by atoms with Crippen LogP contribution in [0.3, 0.4) is 0 Å². The molecule has 2 rings (SSSR count). The van der Waals surface area contributed by atoms with Crippen LogP contribution < -0.4 is 11.1 Å². The topological polar surface area (TPSA) is 70.6 Å². The van der Waals surface area contributed by atoms with Crippen LogP contribution >= 0.6 is 11.6 Å². The summed E-state index contributed by atoms with van der Waals surface area (Å²) in [5, 5.41) is 15.8. The summed E-state index contributed by atoms with van der Waals surface area (Å²) in [7, 11) is 0. The number of nitrogens with zero attached hydrogens (tertiary/aromatic N) is 1. The van der Waals surface area contributed by atoms with Gasteiger partial charge in [-0.15, -0.1) is 0 Å². The molecule has 104 valence electrons. The molecular formula is C14H20ClN3O. The summed E-state index contributed by atoms with van der Waals surface area (Å²) >= 11 is 6.23. The van der Waals surface area contributed by atoms with E-state index < -0.39 is 0 Å². The lowest BCUT2D eigenvalue weighted by molar-refractivity contribution is 0.318. The minimum atomic E-state index is 0.0733. The van der Waals surface area contributed by atoms with Gasteiger partial charge < -0.3 is 16.3 Å². The highest BCUT2D eigenvalue weighted by Crippen LogP contribution is 2.29. The molecule has 1 saturated carbocycles. The molecule has 1 aliphatic rings. The number of hydrogen-bond donors (Lipinski definition) is 3. The van der Waals surface area contributed by atoms with Crippen LogP contribution in [0.2, 0.25) is 5.02 Å². The third-order valence-electron chi connectivity index (χ3n) is 3.87. The van der Waals surface area contributed by atoms with E-state index in [0.29, 0.717) is 10.6 Å². The van der Waals surface area contributed by atoms with Crippen LogP contribution in [0.15, 0.2) is 23.4 Å². The molecule has 5 heteroatoms. The lowest BCUT2D eigenvalue weighted by Gasteiger charge is -2.25. The maximum Gasteiger partial charge on any atom is 0.170 e. The van der Waals surface area contributed by atoms with Gasteiger partial charge in [-0.2, -0.15) is 0 Å². The van der Waals surface area contributed by atoms with Gasteiger partial charge in [-0.25, -0.2) is 0 Å². The molecule has 4 N–H and O–H groups in total. The van der Waals surface area contributed by atoms with Crippen molar-refractivity contribution in [3.63, 3.8) is 0 Å². The molecule has 0 radical (unpaired) electrons. The second kappa shape index (κ2) is 5.80. The zero-order valence-corrected chi connectivity index (χ0v) is 11.9. The monoisotopic (exact) mass is 281 g/mol. The fourth-order valence-electron chi connectivity index (χ4n) is 2.55. The maximum atomic E-state index is 8.64. The van der Waals surface area contributed by atoms with Gasteiger partial charge in [0.2, 0.25) is 0 Å². The number of oxime groups is 1. The van der Waals surface area contributed by atoms with Crippen molar-refractivity contribution in [1.82, 2.24) is 5.32 Å². The van der Waals surface area contributed by atoms with Crippen molar-refractivity contribution in [3.05, 3.63) is 34.3 Å². The molecule has 0 atom stereocenters. The van der Waals surface area contributed by atoms with Crippen LogP contribution in [0.4, 0.5) is 0 Å². The Morgan fingerprint density at radius 3 is 2.74 bits per heavy atom. The SMILES string of the molecule is CC1(NCc2ccc(/C(N)=N/O)cc2Cl)CCCC1. The summed E-state index contributed by atoms with van der Waals surface area (Å²) in [6, 6.07) is 5.46. The lowest BCUT2D eigenvalue weighted by atomic mass is 10.00. The summed E-state index contributed by atoms with van der Waals surface area (Å²) in [6.07, 6.45) is 5.01. The van der Waals surface area contributed by atoms with E-state index in [-0.39, 0.29) is 11.4 Å². The quantitative estimate of drug-likeness (QED) is 0.344. The van der Waals surface area contributed by atoms with Gasteiger partial charge in [0.1, 0.15) is 0 Å². The second-order valence-electron chi connectivity index (χ2n) is 5.41. The van der Waals surface area contributed by atoms with Gasteiger partial charge in [0.15, 0.2) is 5.84 Å². The van der Waals surface area contributed by atoms with Crippen molar-refractivity contribution in [1.29, 1.82) is 0 Å². The van der Waals surface area contributed by atoms with E-state index in [0.717, 1.165) is 12.1 Å². The van der Waals surface area contributed by atoms with E-state index in [9.17, 15) is 0 Å². The largest absolute Gasteiger partial charge is 0.409 e. The van der Waals surface area contributed by atoms with Crippen molar-refractivity contribution in [2.75, 3.05) is 0 Å². The molecule has 0 heterocycles. The third-order valence-corrected chi connectivity index (χ3v) is 4.22. The van der Waals surface area contributed by atoms with Crippen molar-refractivity contribution in [2.24, 2.45) is 10.9 Å². The van der Waals surface area contributed by atoms with E-state index in [1.54, 1.807) is 6.07 Å². The third kappa shape index (κ3) is 3.39. The Morgan fingerprint density at radius 2 is 2.16 bits per heavy atom. The Morgan fingerprint density at radius 1 is 1.47 bits per heavy atom. The average Bonchev–Trinajstić information content (AvgIpc) is 2.83. The van der Waals surface area contributed by atoms with E-state index in [4.69, 9.17) is 22.5 Å².